The molecule has 2 rings (SSSR count). The summed E-state index contributed by atoms with van der Waals surface area (Å²) in [4.78, 5) is 10.5. The lowest BCUT2D eigenvalue weighted by atomic mass is 10.2. The van der Waals surface area contributed by atoms with Crippen LogP contribution < -0.4 is 4.74 Å². The Hall–Kier alpha value is -2.15. The van der Waals surface area contributed by atoms with Crippen LogP contribution in [0.15, 0.2) is 18.3 Å². The second-order valence-electron chi connectivity index (χ2n) is 3.78. The van der Waals surface area contributed by atoms with Gasteiger partial charge < -0.3 is 9.47 Å². The summed E-state index contributed by atoms with van der Waals surface area (Å²) in [5.74, 6) is 0.211. The van der Waals surface area contributed by atoms with Gasteiger partial charge in [0.2, 0.25) is 0 Å². The van der Waals surface area contributed by atoms with Crippen molar-refractivity contribution in [1.82, 2.24) is 9.78 Å². The number of ether oxygens (including phenoxy) is 2. The van der Waals surface area contributed by atoms with Gasteiger partial charge in [-0.1, -0.05) is 0 Å². The van der Waals surface area contributed by atoms with Gasteiger partial charge in [0.15, 0.2) is 5.75 Å². The van der Waals surface area contributed by atoms with Crippen LogP contribution >= 0.6 is 0 Å². The standard InChI is InChI=1S/C11H13N3O4/c1-13-7-8-5-10(14(15)16)11(6-9(8)12-13)18-4-3-17-2/h5-7H,3-4H2,1-2H3. The lowest BCUT2D eigenvalue weighted by Gasteiger charge is -2.05. The fourth-order valence-electron chi connectivity index (χ4n) is 1.66. The molecule has 0 atom stereocenters. The number of rotatable bonds is 5. The van der Waals surface area contributed by atoms with E-state index in [0.717, 1.165) is 0 Å². The Bertz CT molecular complexity index is 579. The summed E-state index contributed by atoms with van der Waals surface area (Å²) in [7, 11) is 3.30. The maximum atomic E-state index is 11.0. The van der Waals surface area contributed by atoms with Crippen LogP contribution in [0.4, 0.5) is 5.69 Å². The van der Waals surface area contributed by atoms with E-state index in [2.05, 4.69) is 5.10 Å². The predicted molar refractivity (Wildman–Crippen MR) is 64.7 cm³/mol. The molecule has 0 aliphatic heterocycles. The maximum absolute atomic E-state index is 11.0. The van der Waals surface area contributed by atoms with Gasteiger partial charge >= 0.3 is 5.69 Å². The van der Waals surface area contributed by atoms with Gasteiger partial charge in [0, 0.05) is 37.9 Å². The van der Waals surface area contributed by atoms with Crippen molar-refractivity contribution in [3.63, 3.8) is 0 Å². The Kier molecular flexibility index (Phi) is 3.42. The molecular formula is C11H13N3O4. The molecule has 0 saturated heterocycles. The summed E-state index contributed by atoms with van der Waals surface area (Å²) in [5, 5.41) is 15.9. The van der Waals surface area contributed by atoms with Gasteiger partial charge in [0.1, 0.15) is 6.61 Å². The van der Waals surface area contributed by atoms with E-state index in [1.807, 2.05) is 0 Å². The quantitative estimate of drug-likeness (QED) is 0.457. The minimum Gasteiger partial charge on any atom is -0.484 e. The molecule has 18 heavy (non-hydrogen) atoms. The fourth-order valence-corrected chi connectivity index (χ4v) is 1.66. The molecule has 0 amide bonds. The number of nitro groups is 1. The molecule has 2 aromatic rings. The van der Waals surface area contributed by atoms with Crippen LogP contribution in [0, 0.1) is 10.1 Å². The van der Waals surface area contributed by atoms with Gasteiger partial charge in [-0.2, -0.15) is 5.10 Å². The number of aryl methyl sites for hydroxylation is 1. The Morgan fingerprint density at radius 2 is 2.22 bits per heavy atom. The zero-order valence-corrected chi connectivity index (χ0v) is 10.1. The Morgan fingerprint density at radius 3 is 2.89 bits per heavy atom. The van der Waals surface area contributed by atoms with E-state index in [1.54, 1.807) is 31.1 Å². The number of hydrogen-bond acceptors (Lipinski definition) is 5. The highest BCUT2D eigenvalue weighted by atomic mass is 16.6. The largest absolute Gasteiger partial charge is 0.484 e. The van der Waals surface area contributed by atoms with Crippen LogP contribution in [0.1, 0.15) is 0 Å². The predicted octanol–water partition coefficient (Wildman–Crippen LogP) is 1.51. The number of fused-ring (bicyclic) bond motifs is 1. The first-order valence-electron chi connectivity index (χ1n) is 5.35. The van der Waals surface area contributed by atoms with Crippen molar-refractivity contribution < 1.29 is 14.4 Å². The average molecular weight is 251 g/mol. The molecule has 0 spiro atoms. The zero-order valence-electron chi connectivity index (χ0n) is 10.1. The first-order valence-corrected chi connectivity index (χ1v) is 5.35. The van der Waals surface area contributed by atoms with Crippen molar-refractivity contribution in [3.05, 3.63) is 28.4 Å². The molecule has 0 radical (unpaired) electrons. The SMILES string of the molecule is COCCOc1cc2nn(C)cc2cc1[N+](=O)[O-]. The van der Waals surface area contributed by atoms with Crippen molar-refractivity contribution in [3.8, 4) is 5.75 Å². The van der Waals surface area contributed by atoms with Crippen LogP contribution in [0.5, 0.6) is 5.75 Å². The lowest BCUT2D eigenvalue weighted by Crippen LogP contribution is -2.05. The van der Waals surface area contributed by atoms with Crippen molar-refractivity contribution in [2.75, 3.05) is 20.3 Å². The molecule has 1 aromatic carbocycles. The smallest absolute Gasteiger partial charge is 0.311 e. The average Bonchev–Trinajstić information content (AvgIpc) is 2.67. The van der Waals surface area contributed by atoms with Gasteiger partial charge in [-0.15, -0.1) is 0 Å². The van der Waals surface area contributed by atoms with Crippen molar-refractivity contribution in [2.45, 2.75) is 0 Å². The molecule has 1 heterocycles. The third-order valence-corrected chi connectivity index (χ3v) is 2.44. The van der Waals surface area contributed by atoms with E-state index in [-0.39, 0.29) is 18.0 Å². The molecule has 0 N–H and O–H groups in total. The zero-order chi connectivity index (χ0) is 13.1. The monoisotopic (exact) mass is 251 g/mol. The lowest BCUT2D eigenvalue weighted by molar-refractivity contribution is -0.385. The highest BCUT2D eigenvalue weighted by Crippen LogP contribution is 2.31. The van der Waals surface area contributed by atoms with E-state index >= 15 is 0 Å². The van der Waals surface area contributed by atoms with Crippen LogP contribution in [-0.4, -0.2) is 35.0 Å². The van der Waals surface area contributed by atoms with Gasteiger partial charge in [-0.25, -0.2) is 0 Å². The van der Waals surface area contributed by atoms with E-state index in [4.69, 9.17) is 9.47 Å². The molecule has 0 saturated carbocycles. The highest BCUT2D eigenvalue weighted by Gasteiger charge is 2.17. The summed E-state index contributed by atoms with van der Waals surface area (Å²) in [5.41, 5.74) is 0.599. The first kappa shape index (κ1) is 12.3. The summed E-state index contributed by atoms with van der Waals surface area (Å²) < 4.78 is 11.8. The normalized spacial score (nSPS) is 10.8. The van der Waals surface area contributed by atoms with Gasteiger partial charge in [0.05, 0.1) is 17.0 Å². The number of nitrogens with zero attached hydrogens (tertiary/aromatic N) is 3. The van der Waals surface area contributed by atoms with Crippen molar-refractivity contribution >= 4 is 16.6 Å². The summed E-state index contributed by atoms with van der Waals surface area (Å²) in [6.45, 7) is 0.632. The van der Waals surface area contributed by atoms with E-state index in [1.165, 1.54) is 6.07 Å². The third kappa shape index (κ3) is 2.40. The van der Waals surface area contributed by atoms with Gasteiger partial charge in [0.25, 0.3) is 0 Å². The number of aromatic nitrogens is 2. The Labute approximate surface area is 103 Å². The minimum atomic E-state index is -0.464. The van der Waals surface area contributed by atoms with Crippen LogP contribution in [-0.2, 0) is 11.8 Å². The molecule has 0 aliphatic carbocycles. The number of hydrogen-bond donors (Lipinski definition) is 0. The van der Waals surface area contributed by atoms with E-state index in [9.17, 15) is 10.1 Å². The van der Waals surface area contributed by atoms with Crippen molar-refractivity contribution in [2.24, 2.45) is 7.05 Å². The fraction of sp³-hybridized carbons (Fsp3) is 0.364. The Balaban J connectivity index is 2.40. The topological polar surface area (TPSA) is 79.4 Å². The maximum Gasteiger partial charge on any atom is 0.311 e. The summed E-state index contributed by atoms with van der Waals surface area (Å²) in [6.07, 6.45) is 1.72. The minimum absolute atomic E-state index is 0.0633. The van der Waals surface area contributed by atoms with Crippen LogP contribution in [0.2, 0.25) is 0 Å². The highest BCUT2D eigenvalue weighted by molar-refractivity contribution is 5.83. The molecule has 0 unspecified atom stereocenters. The Morgan fingerprint density at radius 1 is 1.44 bits per heavy atom. The number of methoxy groups -OCH3 is 1. The number of benzene rings is 1. The number of nitro benzene ring substituents is 1. The van der Waals surface area contributed by atoms with Crippen molar-refractivity contribution in [1.29, 1.82) is 0 Å². The molecule has 0 aliphatic rings. The molecule has 0 bridgehead atoms. The summed E-state index contributed by atoms with van der Waals surface area (Å²) >= 11 is 0. The molecule has 7 nitrogen and oxygen atoms in total. The van der Waals surface area contributed by atoms with E-state index in [0.29, 0.717) is 17.5 Å². The molecule has 1 aromatic heterocycles. The van der Waals surface area contributed by atoms with Crippen LogP contribution in [0.3, 0.4) is 0 Å². The third-order valence-electron chi connectivity index (χ3n) is 2.44. The van der Waals surface area contributed by atoms with Crippen LogP contribution in [0.25, 0.3) is 10.9 Å². The van der Waals surface area contributed by atoms with E-state index < -0.39 is 4.92 Å². The molecule has 0 fully saturated rings. The molecular weight excluding hydrogens is 238 g/mol. The molecule has 7 heteroatoms. The first-order chi connectivity index (χ1) is 8.61. The molecule has 96 valence electrons. The van der Waals surface area contributed by atoms with Gasteiger partial charge in [-0.3, -0.25) is 14.8 Å². The van der Waals surface area contributed by atoms with Gasteiger partial charge in [-0.05, 0) is 0 Å². The second kappa shape index (κ2) is 5.01. The summed E-state index contributed by atoms with van der Waals surface area (Å²) in [6, 6.07) is 3.04. The second-order valence-corrected chi connectivity index (χ2v) is 3.78.